The molecule has 1 saturated heterocycles. The van der Waals surface area contributed by atoms with E-state index >= 15 is 0 Å². The molecule has 1 unspecified atom stereocenters. The molecular formula is C17H16F3N3O3. The minimum Gasteiger partial charge on any atom is -0.480 e. The highest BCUT2D eigenvalue weighted by atomic mass is 19.4. The molecule has 3 rings (SSSR count). The molecular weight excluding hydrogens is 351 g/mol. The Morgan fingerprint density at radius 3 is 2.81 bits per heavy atom. The summed E-state index contributed by atoms with van der Waals surface area (Å²) in [6.45, 7) is 0.662. The summed E-state index contributed by atoms with van der Waals surface area (Å²) in [5.74, 6) is -0.155. The number of aromatic nitrogens is 2. The van der Waals surface area contributed by atoms with Crippen LogP contribution in [0.5, 0.6) is 11.8 Å². The minimum atomic E-state index is -4.46. The lowest BCUT2D eigenvalue weighted by Crippen LogP contribution is -2.31. The van der Waals surface area contributed by atoms with E-state index in [9.17, 15) is 18.0 Å². The smallest absolute Gasteiger partial charge is 0.416 e. The van der Waals surface area contributed by atoms with Crippen LogP contribution in [0, 0.1) is 0 Å². The first-order valence-corrected chi connectivity index (χ1v) is 7.86. The zero-order valence-corrected chi connectivity index (χ0v) is 13.9. The number of pyridine rings is 2. The van der Waals surface area contributed by atoms with Gasteiger partial charge in [0.1, 0.15) is 11.7 Å². The number of carbonyl (C=O) groups excluding carboxylic acids is 1. The van der Waals surface area contributed by atoms with Gasteiger partial charge >= 0.3 is 6.18 Å². The van der Waals surface area contributed by atoms with Gasteiger partial charge in [-0.2, -0.15) is 13.2 Å². The predicted molar refractivity (Wildman–Crippen MR) is 85.0 cm³/mol. The maximum absolute atomic E-state index is 12.8. The van der Waals surface area contributed by atoms with Crippen LogP contribution in [0.4, 0.5) is 13.2 Å². The summed E-state index contributed by atoms with van der Waals surface area (Å²) >= 11 is 0. The van der Waals surface area contributed by atoms with Gasteiger partial charge in [0.05, 0.1) is 19.2 Å². The molecule has 1 atom stereocenters. The molecule has 2 aromatic heterocycles. The van der Waals surface area contributed by atoms with E-state index in [4.69, 9.17) is 9.47 Å². The van der Waals surface area contributed by atoms with Gasteiger partial charge < -0.3 is 14.4 Å². The van der Waals surface area contributed by atoms with E-state index in [2.05, 4.69) is 9.97 Å². The molecule has 0 N–H and O–H groups in total. The molecule has 0 radical (unpaired) electrons. The molecule has 26 heavy (non-hydrogen) atoms. The number of alkyl halides is 3. The first-order valence-electron chi connectivity index (χ1n) is 7.86. The highest BCUT2D eigenvalue weighted by Gasteiger charge is 2.33. The first-order chi connectivity index (χ1) is 12.4. The zero-order valence-electron chi connectivity index (χ0n) is 13.9. The Labute approximate surface area is 147 Å². The number of likely N-dealkylation sites (tertiary alicyclic amines) is 1. The van der Waals surface area contributed by atoms with Gasteiger partial charge in [0.15, 0.2) is 0 Å². The maximum atomic E-state index is 12.8. The van der Waals surface area contributed by atoms with Gasteiger partial charge in [0, 0.05) is 31.4 Å². The second kappa shape index (κ2) is 7.19. The third-order valence-electron chi connectivity index (χ3n) is 3.98. The summed E-state index contributed by atoms with van der Waals surface area (Å²) in [5.41, 5.74) is -0.499. The number of rotatable bonds is 4. The van der Waals surface area contributed by atoms with Crippen molar-refractivity contribution in [1.82, 2.24) is 14.9 Å². The number of methoxy groups -OCH3 is 1. The number of amides is 1. The summed E-state index contributed by atoms with van der Waals surface area (Å²) in [5, 5.41) is 0. The van der Waals surface area contributed by atoms with E-state index < -0.39 is 17.8 Å². The van der Waals surface area contributed by atoms with Crippen LogP contribution in [0.3, 0.4) is 0 Å². The lowest BCUT2D eigenvalue weighted by Gasteiger charge is -2.18. The number of ether oxygens (including phenoxy) is 2. The molecule has 0 aliphatic carbocycles. The van der Waals surface area contributed by atoms with Crippen molar-refractivity contribution in [2.24, 2.45) is 0 Å². The topological polar surface area (TPSA) is 64.5 Å². The molecule has 0 spiro atoms. The minimum absolute atomic E-state index is 0.113. The third-order valence-corrected chi connectivity index (χ3v) is 3.98. The first kappa shape index (κ1) is 18.0. The Balaban J connectivity index is 1.67. The van der Waals surface area contributed by atoms with Crippen LogP contribution in [-0.4, -0.2) is 47.1 Å². The Morgan fingerprint density at radius 1 is 1.27 bits per heavy atom. The standard InChI is InChI=1S/C17H16F3N3O3/c1-25-15-13(3-2-6-22-15)16(24)23-8-5-12(10-23)26-14-9-11(4-7-21-14)17(18,19)20/h2-4,6-7,9,12H,5,8,10H2,1H3. The zero-order chi connectivity index (χ0) is 18.7. The SMILES string of the molecule is COc1ncccc1C(=O)N1CCC(Oc2cc(C(F)(F)F)ccn2)C1. The average molecular weight is 367 g/mol. The number of hydrogen-bond acceptors (Lipinski definition) is 5. The quantitative estimate of drug-likeness (QED) is 0.832. The number of hydrogen-bond donors (Lipinski definition) is 0. The Hall–Kier alpha value is -2.84. The summed E-state index contributed by atoms with van der Waals surface area (Å²) in [4.78, 5) is 22.0. The van der Waals surface area contributed by atoms with E-state index in [1.807, 2.05) is 0 Å². The Kier molecular flexibility index (Phi) is 4.97. The summed E-state index contributed by atoms with van der Waals surface area (Å²) in [7, 11) is 1.42. The van der Waals surface area contributed by atoms with Crippen LogP contribution < -0.4 is 9.47 Å². The van der Waals surface area contributed by atoms with Gasteiger partial charge in [-0.05, 0) is 18.2 Å². The van der Waals surface area contributed by atoms with Crippen molar-refractivity contribution in [3.05, 3.63) is 47.8 Å². The molecule has 138 valence electrons. The van der Waals surface area contributed by atoms with Crippen molar-refractivity contribution in [1.29, 1.82) is 0 Å². The molecule has 1 amide bonds. The molecule has 0 bridgehead atoms. The van der Waals surface area contributed by atoms with E-state index in [1.54, 1.807) is 17.0 Å². The van der Waals surface area contributed by atoms with Gasteiger partial charge in [-0.1, -0.05) is 0 Å². The van der Waals surface area contributed by atoms with Crippen molar-refractivity contribution in [2.45, 2.75) is 18.7 Å². The van der Waals surface area contributed by atoms with Crippen LogP contribution >= 0.6 is 0 Å². The van der Waals surface area contributed by atoms with Crippen LogP contribution in [0.1, 0.15) is 22.3 Å². The summed E-state index contributed by atoms with van der Waals surface area (Å²) in [6.07, 6.45) is -1.83. The van der Waals surface area contributed by atoms with Crippen molar-refractivity contribution < 1.29 is 27.4 Å². The second-order valence-electron chi connectivity index (χ2n) is 5.72. The van der Waals surface area contributed by atoms with Crippen LogP contribution in [0.25, 0.3) is 0 Å². The van der Waals surface area contributed by atoms with E-state index in [0.717, 1.165) is 18.3 Å². The second-order valence-corrected chi connectivity index (χ2v) is 5.72. The molecule has 1 fully saturated rings. The lowest BCUT2D eigenvalue weighted by molar-refractivity contribution is -0.137. The molecule has 3 heterocycles. The number of halogens is 3. The van der Waals surface area contributed by atoms with Crippen molar-refractivity contribution in [3.8, 4) is 11.8 Å². The van der Waals surface area contributed by atoms with Crippen molar-refractivity contribution in [3.63, 3.8) is 0 Å². The van der Waals surface area contributed by atoms with Gasteiger partial charge in [-0.25, -0.2) is 9.97 Å². The Bertz CT molecular complexity index is 798. The van der Waals surface area contributed by atoms with Crippen molar-refractivity contribution in [2.75, 3.05) is 20.2 Å². The molecule has 0 saturated carbocycles. The largest absolute Gasteiger partial charge is 0.480 e. The molecule has 9 heteroatoms. The fraction of sp³-hybridized carbons (Fsp3) is 0.353. The Morgan fingerprint density at radius 2 is 2.08 bits per heavy atom. The fourth-order valence-electron chi connectivity index (χ4n) is 2.72. The summed E-state index contributed by atoms with van der Waals surface area (Å²) < 4.78 is 48.9. The predicted octanol–water partition coefficient (Wildman–Crippen LogP) is 2.80. The highest BCUT2D eigenvalue weighted by Crippen LogP contribution is 2.31. The molecule has 1 aliphatic heterocycles. The molecule has 6 nitrogen and oxygen atoms in total. The van der Waals surface area contributed by atoms with Gasteiger partial charge in [-0.15, -0.1) is 0 Å². The van der Waals surface area contributed by atoms with E-state index in [1.165, 1.54) is 13.3 Å². The van der Waals surface area contributed by atoms with Crippen LogP contribution in [0.2, 0.25) is 0 Å². The number of carbonyl (C=O) groups is 1. The van der Waals surface area contributed by atoms with Crippen molar-refractivity contribution >= 4 is 5.91 Å². The van der Waals surface area contributed by atoms with E-state index in [-0.39, 0.29) is 24.2 Å². The highest BCUT2D eigenvalue weighted by molar-refractivity contribution is 5.96. The fourth-order valence-corrected chi connectivity index (χ4v) is 2.72. The maximum Gasteiger partial charge on any atom is 0.416 e. The van der Waals surface area contributed by atoms with Gasteiger partial charge in [-0.3, -0.25) is 4.79 Å². The van der Waals surface area contributed by atoms with Gasteiger partial charge in [0.2, 0.25) is 11.8 Å². The molecule has 1 aliphatic rings. The van der Waals surface area contributed by atoms with Crippen LogP contribution in [-0.2, 0) is 6.18 Å². The summed E-state index contributed by atoms with van der Waals surface area (Å²) in [6, 6.07) is 4.98. The van der Waals surface area contributed by atoms with Gasteiger partial charge in [0.25, 0.3) is 5.91 Å². The number of nitrogens with zero attached hydrogens (tertiary/aromatic N) is 3. The molecule has 0 aromatic carbocycles. The van der Waals surface area contributed by atoms with E-state index in [0.29, 0.717) is 18.5 Å². The molecule has 2 aromatic rings. The average Bonchev–Trinajstić information content (AvgIpc) is 3.09. The third kappa shape index (κ3) is 3.87. The monoisotopic (exact) mass is 367 g/mol. The lowest BCUT2D eigenvalue weighted by atomic mass is 10.2. The van der Waals surface area contributed by atoms with Crippen LogP contribution in [0.15, 0.2) is 36.7 Å². The normalized spacial score (nSPS) is 17.2.